The van der Waals surface area contributed by atoms with Gasteiger partial charge in [0.05, 0.1) is 11.1 Å². The van der Waals surface area contributed by atoms with Crippen LogP contribution in [0.2, 0.25) is 0 Å². The molecule has 0 radical (unpaired) electrons. The van der Waals surface area contributed by atoms with Gasteiger partial charge in [-0.05, 0) is 36.4 Å². The number of anilines is 3. The van der Waals surface area contributed by atoms with Crippen LogP contribution in [0.3, 0.4) is 0 Å². The van der Waals surface area contributed by atoms with Gasteiger partial charge < -0.3 is 10.6 Å². The smallest absolute Gasteiger partial charge is 0.324 e. The van der Waals surface area contributed by atoms with Gasteiger partial charge in [0.15, 0.2) is 0 Å². The minimum atomic E-state index is -4.44. The molecular weight excluding hydrogens is 383 g/mol. The molecule has 2 aromatic carbocycles. The molecule has 5 nitrogen and oxygen atoms in total. The number of aromatic nitrogens is 2. The Balaban J connectivity index is 1.68. The summed E-state index contributed by atoms with van der Waals surface area (Å²) in [6, 6.07) is 7.34. The van der Waals surface area contributed by atoms with E-state index in [4.69, 9.17) is 0 Å². The van der Waals surface area contributed by atoms with Crippen LogP contribution in [0.1, 0.15) is 15.9 Å². The zero-order valence-electron chi connectivity index (χ0n) is 13.9. The summed E-state index contributed by atoms with van der Waals surface area (Å²) >= 11 is 0. The Morgan fingerprint density at radius 3 is 2.00 bits per heavy atom. The van der Waals surface area contributed by atoms with E-state index in [2.05, 4.69) is 20.6 Å². The van der Waals surface area contributed by atoms with E-state index in [0.29, 0.717) is 5.69 Å². The Hall–Kier alpha value is -3.56. The zero-order chi connectivity index (χ0) is 20.3. The maximum atomic E-state index is 13.6. The molecule has 0 bridgehead atoms. The van der Waals surface area contributed by atoms with Gasteiger partial charge in [0.1, 0.15) is 17.3 Å². The van der Waals surface area contributed by atoms with E-state index in [1.807, 2.05) is 0 Å². The van der Waals surface area contributed by atoms with Gasteiger partial charge in [0, 0.05) is 18.1 Å². The summed E-state index contributed by atoms with van der Waals surface area (Å²) in [4.78, 5) is 19.8. The van der Waals surface area contributed by atoms with Crippen LogP contribution in [-0.4, -0.2) is 15.9 Å². The molecule has 1 heterocycles. The first-order chi connectivity index (χ1) is 13.2. The van der Waals surface area contributed by atoms with E-state index < -0.39 is 35.0 Å². The van der Waals surface area contributed by atoms with Crippen molar-refractivity contribution in [1.82, 2.24) is 9.97 Å². The number of benzene rings is 2. The zero-order valence-corrected chi connectivity index (χ0v) is 13.9. The van der Waals surface area contributed by atoms with Crippen molar-refractivity contribution in [3.63, 3.8) is 0 Å². The van der Waals surface area contributed by atoms with Gasteiger partial charge in [0.2, 0.25) is 5.95 Å². The number of nitrogens with zero attached hydrogens (tertiary/aromatic N) is 2. The van der Waals surface area contributed by atoms with Crippen LogP contribution >= 0.6 is 0 Å². The summed E-state index contributed by atoms with van der Waals surface area (Å²) in [6.07, 6.45) is -2.23. The molecule has 0 fully saturated rings. The molecule has 144 valence electrons. The van der Waals surface area contributed by atoms with Gasteiger partial charge in [-0.2, -0.15) is 13.2 Å². The summed E-state index contributed by atoms with van der Waals surface area (Å²) in [7, 11) is 0. The molecule has 0 aliphatic carbocycles. The van der Waals surface area contributed by atoms with Crippen LogP contribution in [-0.2, 0) is 6.18 Å². The quantitative estimate of drug-likeness (QED) is 0.626. The van der Waals surface area contributed by atoms with Crippen molar-refractivity contribution >= 4 is 23.2 Å². The average Bonchev–Trinajstić information content (AvgIpc) is 2.65. The van der Waals surface area contributed by atoms with Crippen molar-refractivity contribution in [1.29, 1.82) is 0 Å². The van der Waals surface area contributed by atoms with Crippen LogP contribution in [0.5, 0.6) is 0 Å². The SMILES string of the molecule is O=C(Nc1c(F)cccc1F)c1cnc(Nc2ccc(C(F)(F)F)cc2)nc1. The Bertz CT molecular complexity index is 968. The molecule has 1 amide bonds. The van der Waals surface area contributed by atoms with Crippen molar-refractivity contribution in [3.8, 4) is 0 Å². The third-order valence-corrected chi connectivity index (χ3v) is 3.58. The molecule has 0 spiro atoms. The highest BCUT2D eigenvalue weighted by Crippen LogP contribution is 2.30. The number of hydrogen-bond donors (Lipinski definition) is 2. The van der Waals surface area contributed by atoms with E-state index in [1.54, 1.807) is 0 Å². The van der Waals surface area contributed by atoms with Crippen molar-refractivity contribution in [2.45, 2.75) is 6.18 Å². The minimum Gasteiger partial charge on any atom is -0.324 e. The number of carbonyl (C=O) groups excluding carboxylic acids is 1. The molecule has 28 heavy (non-hydrogen) atoms. The summed E-state index contributed by atoms with van der Waals surface area (Å²) in [5, 5.41) is 4.76. The summed E-state index contributed by atoms with van der Waals surface area (Å²) in [6.45, 7) is 0. The molecule has 0 unspecified atom stereocenters. The lowest BCUT2D eigenvalue weighted by Gasteiger charge is -2.09. The Labute approximate surface area is 155 Å². The van der Waals surface area contributed by atoms with Gasteiger partial charge in [-0.15, -0.1) is 0 Å². The maximum absolute atomic E-state index is 13.6. The summed E-state index contributed by atoms with van der Waals surface area (Å²) in [5.41, 5.74) is -1.16. The van der Waals surface area contributed by atoms with E-state index in [9.17, 15) is 26.7 Å². The predicted molar refractivity (Wildman–Crippen MR) is 91.1 cm³/mol. The van der Waals surface area contributed by atoms with Gasteiger partial charge in [0.25, 0.3) is 5.91 Å². The molecule has 2 N–H and O–H groups in total. The third kappa shape index (κ3) is 4.40. The molecule has 0 saturated heterocycles. The molecule has 0 aliphatic rings. The molecule has 10 heteroatoms. The highest BCUT2D eigenvalue weighted by atomic mass is 19.4. The van der Waals surface area contributed by atoms with Gasteiger partial charge >= 0.3 is 6.18 Å². The number of rotatable bonds is 4. The Morgan fingerprint density at radius 2 is 1.46 bits per heavy atom. The standard InChI is InChI=1S/C18H11F5N4O/c19-13-2-1-3-14(20)15(13)27-16(28)10-8-24-17(25-9-10)26-12-6-4-11(5-7-12)18(21,22)23/h1-9H,(H,27,28)(H,24,25,26). The molecule has 1 aromatic heterocycles. The number of carbonyl (C=O) groups is 1. The topological polar surface area (TPSA) is 66.9 Å². The first kappa shape index (κ1) is 19.2. The molecule has 3 aromatic rings. The highest BCUT2D eigenvalue weighted by molar-refractivity contribution is 6.04. The largest absolute Gasteiger partial charge is 0.416 e. The highest BCUT2D eigenvalue weighted by Gasteiger charge is 2.29. The number of amides is 1. The number of para-hydroxylation sites is 1. The van der Waals surface area contributed by atoms with Crippen molar-refractivity contribution < 1.29 is 26.7 Å². The lowest BCUT2D eigenvalue weighted by molar-refractivity contribution is -0.137. The van der Waals surface area contributed by atoms with E-state index in [0.717, 1.165) is 42.7 Å². The number of hydrogen-bond acceptors (Lipinski definition) is 4. The Morgan fingerprint density at radius 1 is 0.893 bits per heavy atom. The van der Waals surface area contributed by atoms with Gasteiger partial charge in [-0.1, -0.05) is 6.07 Å². The van der Waals surface area contributed by atoms with Crippen LogP contribution in [0, 0.1) is 11.6 Å². The third-order valence-electron chi connectivity index (χ3n) is 3.58. The fourth-order valence-corrected chi connectivity index (χ4v) is 2.18. The van der Waals surface area contributed by atoms with Crippen molar-refractivity contribution in [3.05, 3.63) is 77.6 Å². The second kappa shape index (κ2) is 7.59. The second-order valence-corrected chi connectivity index (χ2v) is 5.55. The minimum absolute atomic E-state index is 0.0216. The number of halogens is 5. The fourth-order valence-electron chi connectivity index (χ4n) is 2.18. The maximum Gasteiger partial charge on any atom is 0.416 e. The van der Waals surface area contributed by atoms with Crippen LogP contribution in [0.4, 0.5) is 39.3 Å². The number of nitrogens with one attached hydrogen (secondary N) is 2. The average molecular weight is 394 g/mol. The summed E-state index contributed by atoms with van der Waals surface area (Å²) in [5.74, 6) is -2.68. The molecule has 3 rings (SSSR count). The van der Waals surface area contributed by atoms with Crippen molar-refractivity contribution in [2.24, 2.45) is 0 Å². The van der Waals surface area contributed by atoms with Crippen LogP contribution in [0.25, 0.3) is 0 Å². The predicted octanol–water partition coefficient (Wildman–Crippen LogP) is 4.77. The lowest BCUT2D eigenvalue weighted by Crippen LogP contribution is -2.15. The van der Waals surface area contributed by atoms with E-state index in [-0.39, 0.29) is 11.5 Å². The normalized spacial score (nSPS) is 11.2. The van der Waals surface area contributed by atoms with E-state index in [1.165, 1.54) is 12.1 Å². The van der Waals surface area contributed by atoms with Gasteiger partial charge in [-0.25, -0.2) is 18.7 Å². The van der Waals surface area contributed by atoms with E-state index >= 15 is 0 Å². The molecule has 0 aliphatic heterocycles. The Kier molecular flexibility index (Phi) is 5.21. The first-order valence-corrected chi connectivity index (χ1v) is 7.76. The van der Waals surface area contributed by atoms with Crippen LogP contribution < -0.4 is 10.6 Å². The fraction of sp³-hybridized carbons (Fsp3) is 0.0556. The first-order valence-electron chi connectivity index (χ1n) is 7.76. The molecule has 0 saturated carbocycles. The van der Waals surface area contributed by atoms with Gasteiger partial charge in [-0.3, -0.25) is 4.79 Å². The molecular formula is C18H11F5N4O. The monoisotopic (exact) mass is 394 g/mol. The second-order valence-electron chi connectivity index (χ2n) is 5.55. The van der Waals surface area contributed by atoms with Crippen molar-refractivity contribution in [2.75, 3.05) is 10.6 Å². The molecule has 0 atom stereocenters. The lowest BCUT2D eigenvalue weighted by atomic mass is 10.2. The summed E-state index contributed by atoms with van der Waals surface area (Å²) < 4.78 is 64.8. The van der Waals surface area contributed by atoms with Crippen LogP contribution in [0.15, 0.2) is 54.9 Å². The number of alkyl halides is 3.